The van der Waals surface area contributed by atoms with Crippen LogP contribution in [-0.4, -0.2) is 26.7 Å². The number of anilines is 1. The first-order valence-electron chi connectivity index (χ1n) is 6.20. The monoisotopic (exact) mass is 287 g/mol. The Balaban J connectivity index is 1.73. The van der Waals surface area contributed by atoms with E-state index in [4.69, 9.17) is 4.52 Å². The predicted molar refractivity (Wildman–Crippen MR) is 76.6 cm³/mol. The Morgan fingerprint density at radius 3 is 3.10 bits per heavy atom. The number of hydrogen-bond acceptors (Lipinski definition) is 7. The standard InChI is InChI=1S/C13H13N5OS/c1-9-17-13(19-18-9)11-7-14-8-16-12(11)15-5-4-10-3-2-6-20-10/h2-3,6-8H,4-5H2,1H3,(H,14,15,16). The van der Waals surface area contributed by atoms with Gasteiger partial charge in [-0.05, 0) is 24.8 Å². The Hall–Kier alpha value is -2.28. The molecule has 3 heterocycles. The van der Waals surface area contributed by atoms with E-state index in [1.165, 1.54) is 11.2 Å². The molecule has 0 aliphatic carbocycles. The van der Waals surface area contributed by atoms with Gasteiger partial charge in [-0.2, -0.15) is 4.98 Å². The van der Waals surface area contributed by atoms with Crippen LogP contribution in [0.2, 0.25) is 0 Å². The average molecular weight is 287 g/mol. The second-order valence-electron chi connectivity index (χ2n) is 4.19. The Morgan fingerprint density at radius 1 is 1.40 bits per heavy atom. The highest BCUT2D eigenvalue weighted by molar-refractivity contribution is 7.09. The second kappa shape index (κ2) is 5.79. The summed E-state index contributed by atoms with van der Waals surface area (Å²) >= 11 is 1.75. The summed E-state index contributed by atoms with van der Waals surface area (Å²) < 4.78 is 5.16. The third kappa shape index (κ3) is 2.83. The number of nitrogens with one attached hydrogen (secondary N) is 1. The quantitative estimate of drug-likeness (QED) is 0.777. The highest BCUT2D eigenvalue weighted by Gasteiger charge is 2.12. The molecule has 0 unspecified atom stereocenters. The summed E-state index contributed by atoms with van der Waals surface area (Å²) in [7, 11) is 0. The zero-order valence-electron chi connectivity index (χ0n) is 10.9. The molecule has 0 aliphatic heterocycles. The normalized spacial score (nSPS) is 10.7. The molecular weight excluding hydrogens is 274 g/mol. The lowest BCUT2D eigenvalue weighted by Gasteiger charge is -2.06. The molecular formula is C13H13N5OS. The van der Waals surface area contributed by atoms with Crippen molar-refractivity contribution in [1.82, 2.24) is 20.1 Å². The van der Waals surface area contributed by atoms with Crippen molar-refractivity contribution in [3.8, 4) is 11.5 Å². The molecule has 3 aromatic rings. The van der Waals surface area contributed by atoms with Crippen LogP contribution in [0.4, 0.5) is 5.82 Å². The molecule has 0 bridgehead atoms. The predicted octanol–water partition coefficient (Wildman–Crippen LogP) is 2.55. The molecule has 0 saturated carbocycles. The maximum atomic E-state index is 5.16. The molecule has 102 valence electrons. The molecule has 3 aromatic heterocycles. The van der Waals surface area contributed by atoms with Crippen LogP contribution in [0.25, 0.3) is 11.5 Å². The minimum absolute atomic E-state index is 0.432. The van der Waals surface area contributed by atoms with Crippen molar-refractivity contribution in [3.63, 3.8) is 0 Å². The minimum atomic E-state index is 0.432. The number of aryl methyl sites for hydroxylation is 1. The van der Waals surface area contributed by atoms with E-state index in [9.17, 15) is 0 Å². The Kier molecular flexibility index (Phi) is 3.69. The summed E-state index contributed by atoms with van der Waals surface area (Å²) in [4.78, 5) is 13.8. The van der Waals surface area contributed by atoms with Crippen LogP contribution in [0.3, 0.4) is 0 Å². The van der Waals surface area contributed by atoms with Gasteiger partial charge in [0.15, 0.2) is 5.82 Å². The van der Waals surface area contributed by atoms with Crippen molar-refractivity contribution in [2.24, 2.45) is 0 Å². The number of rotatable bonds is 5. The van der Waals surface area contributed by atoms with E-state index in [1.54, 1.807) is 24.5 Å². The van der Waals surface area contributed by atoms with Gasteiger partial charge in [0.05, 0.1) is 0 Å². The zero-order chi connectivity index (χ0) is 13.8. The van der Waals surface area contributed by atoms with Crippen LogP contribution in [0.1, 0.15) is 10.7 Å². The molecule has 0 saturated heterocycles. The van der Waals surface area contributed by atoms with Gasteiger partial charge in [-0.25, -0.2) is 9.97 Å². The molecule has 7 heteroatoms. The van der Waals surface area contributed by atoms with Crippen molar-refractivity contribution >= 4 is 17.2 Å². The van der Waals surface area contributed by atoms with Gasteiger partial charge >= 0.3 is 0 Å². The van der Waals surface area contributed by atoms with Crippen molar-refractivity contribution in [2.75, 3.05) is 11.9 Å². The molecule has 3 rings (SSSR count). The van der Waals surface area contributed by atoms with E-state index in [1.807, 2.05) is 0 Å². The first kappa shape index (κ1) is 12.7. The maximum absolute atomic E-state index is 5.16. The molecule has 0 amide bonds. The Labute approximate surface area is 119 Å². The fourth-order valence-electron chi connectivity index (χ4n) is 1.79. The molecule has 0 spiro atoms. The van der Waals surface area contributed by atoms with Gasteiger partial charge in [0, 0.05) is 17.6 Å². The van der Waals surface area contributed by atoms with Crippen LogP contribution < -0.4 is 5.32 Å². The third-order valence-corrected chi connectivity index (χ3v) is 3.65. The van der Waals surface area contributed by atoms with Gasteiger partial charge in [0.1, 0.15) is 17.7 Å². The van der Waals surface area contributed by atoms with Crippen LogP contribution in [0, 0.1) is 6.92 Å². The van der Waals surface area contributed by atoms with Crippen molar-refractivity contribution in [1.29, 1.82) is 0 Å². The number of nitrogens with zero attached hydrogens (tertiary/aromatic N) is 4. The lowest BCUT2D eigenvalue weighted by Crippen LogP contribution is -2.07. The smallest absolute Gasteiger partial charge is 0.263 e. The van der Waals surface area contributed by atoms with E-state index in [0.29, 0.717) is 17.5 Å². The van der Waals surface area contributed by atoms with Crippen molar-refractivity contribution < 1.29 is 4.52 Å². The summed E-state index contributed by atoms with van der Waals surface area (Å²) in [6, 6.07) is 4.17. The minimum Gasteiger partial charge on any atom is -0.369 e. The van der Waals surface area contributed by atoms with Gasteiger partial charge < -0.3 is 9.84 Å². The summed E-state index contributed by atoms with van der Waals surface area (Å²) in [5.74, 6) is 1.73. The van der Waals surface area contributed by atoms with Gasteiger partial charge in [-0.3, -0.25) is 0 Å². The van der Waals surface area contributed by atoms with Gasteiger partial charge in [-0.1, -0.05) is 11.2 Å². The van der Waals surface area contributed by atoms with E-state index >= 15 is 0 Å². The molecule has 0 aliphatic rings. The molecule has 0 atom stereocenters. The first-order chi connectivity index (χ1) is 9.83. The maximum Gasteiger partial charge on any atom is 0.263 e. The molecule has 0 aromatic carbocycles. The molecule has 1 N–H and O–H groups in total. The summed E-state index contributed by atoms with van der Waals surface area (Å²) in [5.41, 5.74) is 0.722. The molecule has 20 heavy (non-hydrogen) atoms. The zero-order valence-corrected chi connectivity index (χ0v) is 11.7. The second-order valence-corrected chi connectivity index (χ2v) is 5.22. The molecule has 0 radical (unpaired) electrons. The molecule has 0 fully saturated rings. The molecule has 6 nitrogen and oxygen atoms in total. The Bertz CT molecular complexity index is 680. The van der Waals surface area contributed by atoms with Crippen molar-refractivity contribution in [3.05, 3.63) is 40.7 Å². The summed E-state index contributed by atoms with van der Waals surface area (Å²) in [5, 5.41) is 9.15. The van der Waals surface area contributed by atoms with E-state index in [0.717, 1.165) is 18.5 Å². The topological polar surface area (TPSA) is 76.7 Å². The average Bonchev–Trinajstić information content (AvgIpc) is 3.11. The number of aromatic nitrogens is 4. The third-order valence-electron chi connectivity index (χ3n) is 2.71. The summed E-state index contributed by atoms with van der Waals surface area (Å²) in [6.07, 6.45) is 4.12. The van der Waals surface area contributed by atoms with E-state index < -0.39 is 0 Å². The van der Waals surface area contributed by atoms with E-state index in [-0.39, 0.29) is 0 Å². The lowest BCUT2D eigenvalue weighted by molar-refractivity contribution is 0.425. The highest BCUT2D eigenvalue weighted by atomic mass is 32.1. The fourth-order valence-corrected chi connectivity index (χ4v) is 2.50. The van der Waals surface area contributed by atoms with Crippen molar-refractivity contribution in [2.45, 2.75) is 13.3 Å². The Morgan fingerprint density at radius 2 is 2.35 bits per heavy atom. The van der Waals surface area contributed by atoms with Crippen LogP contribution in [0.5, 0.6) is 0 Å². The van der Waals surface area contributed by atoms with Gasteiger partial charge in [0.25, 0.3) is 5.89 Å². The number of hydrogen-bond donors (Lipinski definition) is 1. The largest absolute Gasteiger partial charge is 0.369 e. The van der Waals surface area contributed by atoms with E-state index in [2.05, 4.69) is 42.9 Å². The van der Waals surface area contributed by atoms with Crippen LogP contribution in [0.15, 0.2) is 34.6 Å². The summed E-state index contributed by atoms with van der Waals surface area (Å²) in [6.45, 7) is 2.57. The SMILES string of the molecule is Cc1noc(-c2cncnc2NCCc2cccs2)n1. The van der Waals surface area contributed by atoms with Crippen LogP contribution in [-0.2, 0) is 6.42 Å². The van der Waals surface area contributed by atoms with Gasteiger partial charge in [-0.15, -0.1) is 11.3 Å². The lowest BCUT2D eigenvalue weighted by atomic mass is 10.3. The first-order valence-corrected chi connectivity index (χ1v) is 7.08. The fraction of sp³-hybridized carbons (Fsp3) is 0.231. The van der Waals surface area contributed by atoms with Gasteiger partial charge in [0.2, 0.25) is 0 Å². The van der Waals surface area contributed by atoms with Crippen LogP contribution >= 0.6 is 11.3 Å². The number of thiophene rings is 1. The highest BCUT2D eigenvalue weighted by Crippen LogP contribution is 2.23.